The van der Waals surface area contributed by atoms with Crippen LogP contribution in [0.3, 0.4) is 0 Å². The Balaban J connectivity index is 1.67. The van der Waals surface area contributed by atoms with E-state index >= 15 is 0 Å². The molecule has 1 N–H and O–H groups in total. The van der Waals surface area contributed by atoms with Gasteiger partial charge in [-0.1, -0.05) is 46.5 Å². The molecule has 4 rings (SSSR count). The van der Waals surface area contributed by atoms with Crippen LogP contribution >= 0.6 is 23.1 Å². The highest BCUT2D eigenvalue weighted by atomic mass is 32.2. The van der Waals surface area contributed by atoms with Gasteiger partial charge in [0.1, 0.15) is 22.0 Å². The predicted molar refractivity (Wildman–Crippen MR) is 104 cm³/mol. The lowest BCUT2D eigenvalue weighted by Crippen LogP contribution is -2.13. The van der Waals surface area contributed by atoms with Crippen LogP contribution in [0.1, 0.15) is 32.6 Å². The number of aryl methyl sites for hydroxylation is 3. The maximum atomic E-state index is 12.9. The number of rotatable bonds is 5. The van der Waals surface area contributed by atoms with Crippen LogP contribution in [0.2, 0.25) is 0 Å². The molecular formula is C18H16N4O3S2. The van der Waals surface area contributed by atoms with Crippen molar-refractivity contribution in [3.63, 3.8) is 0 Å². The summed E-state index contributed by atoms with van der Waals surface area (Å²) in [4.78, 5) is 12.9. The number of carbonyl (C=O) groups excluding carboxylic acids is 1. The van der Waals surface area contributed by atoms with Crippen LogP contribution in [0.25, 0.3) is 11.0 Å². The molecule has 27 heavy (non-hydrogen) atoms. The summed E-state index contributed by atoms with van der Waals surface area (Å²) < 4.78 is 11.8. The summed E-state index contributed by atoms with van der Waals surface area (Å²) in [5, 5.41) is 16.7. The standard InChI is InChI=1S/C18H16N4O3S2/c1-9-15(10(2)25-22-9)19-17(23)16-13(8-26-18-21-20-11(3)27-18)12-6-4-5-7-14(12)24-16/h4-7H,8H2,1-3H3,(H,19,23). The van der Waals surface area contributed by atoms with Gasteiger partial charge in [0.25, 0.3) is 5.91 Å². The van der Waals surface area contributed by atoms with Gasteiger partial charge in [-0.2, -0.15) is 0 Å². The molecule has 0 spiro atoms. The fourth-order valence-electron chi connectivity index (χ4n) is 2.73. The van der Waals surface area contributed by atoms with E-state index in [2.05, 4.69) is 20.7 Å². The average Bonchev–Trinajstić information content (AvgIpc) is 3.33. The Hall–Kier alpha value is -2.65. The number of anilines is 1. The number of nitrogens with zero attached hydrogens (tertiary/aromatic N) is 3. The van der Waals surface area contributed by atoms with Crippen LogP contribution in [0, 0.1) is 20.8 Å². The summed E-state index contributed by atoms with van der Waals surface area (Å²) in [5.74, 6) is 1.06. The normalized spacial score (nSPS) is 11.2. The topological polar surface area (TPSA) is 94.1 Å². The number of hydrogen-bond donors (Lipinski definition) is 1. The van der Waals surface area contributed by atoms with E-state index in [0.29, 0.717) is 28.5 Å². The zero-order valence-corrected chi connectivity index (χ0v) is 16.5. The second-order valence-electron chi connectivity index (χ2n) is 5.93. The minimum Gasteiger partial charge on any atom is -0.451 e. The summed E-state index contributed by atoms with van der Waals surface area (Å²) in [6.07, 6.45) is 0. The molecule has 0 radical (unpaired) electrons. The van der Waals surface area contributed by atoms with Crippen molar-refractivity contribution < 1.29 is 13.7 Å². The Labute approximate surface area is 163 Å². The Bertz CT molecular complexity index is 1110. The van der Waals surface area contributed by atoms with E-state index in [0.717, 1.165) is 20.3 Å². The van der Waals surface area contributed by atoms with Crippen molar-refractivity contribution in [2.24, 2.45) is 0 Å². The van der Waals surface area contributed by atoms with Gasteiger partial charge in [-0.05, 0) is 26.8 Å². The molecule has 3 aromatic heterocycles. The van der Waals surface area contributed by atoms with Crippen LogP contribution in [-0.4, -0.2) is 21.3 Å². The zero-order valence-electron chi connectivity index (χ0n) is 14.9. The van der Waals surface area contributed by atoms with Crippen molar-refractivity contribution in [3.8, 4) is 0 Å². The van der Waals surface area contributed by atoms with Crippen molar-refractivity contribution in [1.82, 2.24) is 15.4 Å². The van der Waals surface area contributed by atoms with Gasteiger partial charge in [-0.25, -0.2) is 0 Å². The van der Waals surface area contributed by atoms with Crippen molar-refractivity contribution in [1.29, 1.82) is 0 Å². The largest absolute Gasteiger partial charge is 0.451 e. The van der Waals surface area contributed by atoms with Crippen molar-refractivity contribution >= 4 is 45.7 Å². The Morgan fingerprint density at radius 2 is 2.04 bits per heavy atom. The molecule has 0 unspecified atom stereocenters. The highest BCUT2D eigenvalue weighted by molar-refractivity contribution is 8.00. The van der Waals surface area contributed by atoms with Gasteiger partial charge in [0, 0.05) is 16.7 Å². The number of thioether (sulfide) groups is 1. The van der Waals surface area contributed by atoms with Crippen molar-refractivity contribution in [2.75, 3.05) is 5.32 Å². The van der Waals surface area contributed by atoms with Gasteiger partial charge >= 0.3 is 0 Å². The molecule has 0 aliphatic heterocycles. The fraction of sp³-hybridized carbons (Fsp3) is 0.222. The van der Waals surface area contributed by atoms with E-state index in [9.17, 15) is 4.79 Å². The first kappa shape index (κ1) is 17.7. The first-order valence-electron chi connectivity index (χ1n) is 8.20. The summed E-state index contributed by atoms with van der Waals surface area (Å²) >= 11 is 3.06. The van der Waals surface area contributed by atoms with E-state index in [4.69, 9.17) is 8.94 Å². The third-order valence-electron chi connectivity index (χ3n) is 4.02. The smallest absolute Gasteiger partial charge is 0.291 e. The number of nitrogens with one attached hydrogen (secondary N) is 1. The van der Waals surface area contributed by atoms with Gasteiger partial charge < -0.3 is 14.3 Å². The first-order chi connectivity index (χ1) is 13.0. The van der Waals surface area contributed by atoms with Gasteiger partial charge in [-0.15, -0.1) is 10.2 Å². The fourth-order valence-corrected chi connectivity index (χ4v) is 4.57. The molecule has 0 bridgehead atoms. The lowest BCUT2D eigenvalue weighted by Gasteiger charge is -2.04. The minimum absolute atomic E-state index is 0.282. The number of carbonyl (C=O) groups is 1. The molecule has 7 nitrogen and oxygen atoms in total. The molecule has 0 aliphatic rings. The van der Waals surface area contributed by atoms with Gasteiger partial charge in [0.05, 0.1) is 0 Å². The molecule has 3 heterocycles. The number of para-hydroxylation sites is 1. The van der Waals surface area contributed by atoms with E-state index < -0.39 is 0 Å². The third-order valence-corrected chi connectivity index (χ3v) is 6.02. The van der Waals surface area contributed by atoms with Crippen LogP contribution in [0.15, 0.2) is 37.5 Å². The van der Waals surface area contributed by atoms with Gasteiger partial charge in [0.2, 0.25) is 0 Å². The minimum atomic E-state index is -0.329. The highest BCUT2D eigenvalue weighted by Crippen LogP contribution is 2.33. The van der Waals surface area contributed by atoms with E-state index in [1.807, 2.05) is 31.2 Å². The van der Waals surface area contributed by atoms with E-state index in [1.165, 1.54) is 23.1 Å². The lowest BCUT2D eigenvalue weighted by molar-refractivity contribution is 0.0997. The van der Waals surface area contributed by atoms with E-state index in [-0.39, 0.29) is 11.7 Å². The number of aromatic nitrogens is 3. The van der Waals surface area contributed by atoms with Gasteiger partial charge in [0.15, 0.2) is 15.9 Å². The number of amides is 1. The quantitative estimate of drug-likeness (QED) is 0.483. The maximum Gasteiger partial charge on any atom is 0.291 e. The second kappa shape index (κ2) is 7.16. The Kier molecular flexibility index (Phi) is 4.71. The summed E-state index contributed by atoms with van der Waals surface area (Å²) in [7, 11) is 0. The predicted octanol–water partition coefficient (Wildman–Crippen LogP) is 4.74. The van der Waals surface area contributed by atoms with Crippen molar-refractivity contribution in [3.05, 3.63) is 52.1 Å². The molecule has 1 amide bonds. The van der Waals surface area contributed by atoms with Crippen LogP contribution < -0.4 is 5.32 Å². The number of benzene rings is 1. The number of hydrogen-bond acceptors (Lipinski definition) is 8. The molecule has 138 valence electrons. The number of furan rings is 1. The second-order valence-corrected chi connectivity index (χ2v) is 8.34. The molecule has 0 saturated carbocycles. The maximum absolute atomic E-state index is 12.9. The molecule has 4 aromatic rings. The monoisotopic (exact) mass is 400 g/mol. The summed E-state index contributed by atoms with van der Waals surface area (Å²) in [5.41, 5.74) is 2.69. The average molecular weight is 400 g/mol. The van der Waals surface area contributed by atoms with Crippen molar-refractivity contribution in [2.45, 2.75) is 30.9 Å². The van der Waals surface area contributed by atoms with Crippen LogP contribution in [0.4, 0.5) is 5.69 Å². The SMILES string of the molecule is Cc1nnc(SCc2c(C(=O)Nc3c(C)noc3C)oc3ccccc23)s1. The number of fused-ring (bicyclic) bond motifs is 1. The summed E-state index contributed by atoms with van der Waals surface area (Å²) in [6, 6.07) is 7.61. The molecule has 0 aliphatic carbocycles. The molecule has 0 fully saturated rings. The highest BCUT2D eigenvalue weighted by Gasteiger charge is 2.23. The molecule has 0 atom stereocenters. The Morgan fingerprint density at radius 1 is 1.22 bits per heavy atom. The van der Waals surface area contributed by atoms with Gasteiger partial charge in [-0.3, -0.25) is 4.79 Å². The molecule has 0 saturated heterocycles. The lowest BCUT2D eigenvalue weighted by atomic mass is 10.1. The Morgan fingerprint density at radius 3 is 2.74 bits per heavy atom. The van der Waals surface area contributed by atoms with E-state index in [1.54, 1.807) is 13.8 Å². The first-order valence-corrected chi connectivity index (χ1v) is 10.0. The van der Waals surface area contributed by atoms with Crippen LogP contribution in [0.5, 0.6) is 0 Å². The third kappa shape index (κ3) is 3.47. The zero-order chi connectivity index (χ0) is 19.0. The molecule has 9 heteroatoms. The molecular weight excluding hydrogens is 384 g/mol. The summed E-state index contributed by atoms with van der Waals surface area (Å²) in [6.45, 7) is 5.44. The molecule has 1 aromatic carbocycles. The van der Waals surface area contributed by atoms with Crippen LogP contribution in [-0.2, 0) is 5.75 Å².